The van der Waals surface area contributed by atoms with Crippen LogP contribution in [-0.4, -0.2) is 78.0 Å². The van der Waals surface area contributed by atoms with Gasteiger partial charge in [0.05, 0.1) is 12.4 Å². The zero-order chi connectivity index (χ0) is 26.7. The standard InChI is InChI=1S/C18H18ClN5O10S2.2CH4/c1-17(2,14(28)29)34-23-8(7-10(19)35-16(20)22-7)11(26)21-9-12(27)24-13(9)36(32)4-5-3-6(25)33-18(5,24)15(30)31;;/h5,9,13H,3-4H2,1-2H3,(H2,20,22)(H,21,26)(H,28,29)(H,30,31);2*1H4/p-2/b23-8-;;/t5-,9+,13+,18+,36-;;/m0../s1. The Labute approximate surface area is 227 Å². The van der Waals surface area contributed by atoms with Gasteiger partial charge >= 0.3 is 5.97 Å². The van der Waals surface area contributed by atoms with E-state index >= 15 is 0 Å². The number of esters is 1. The van der Waals surface area contributed by atoms with Crippen molar-refractivity contribution >= 4 is 74.3 Å². The molecule has 1 aromatic heterocycles. The maximum absolute atomic E-state index is 13.1. The van der Waals surface area contributed by atoms with E-state index in [2.05, 4.69) is 15.5 Å². The first-order valence-electron chi connectivity index (χ1n) is 10.0. The number of oxime groups is 1. The summed E-state index contributed by atoms with van der Waals surface area (Å²) in [6.07, 6.45) is -0.376. The van der Waals surface area contributed by atoms with E-state index in [0.717, 1.165) is 25.2 Å². The third kappa shape index (κ3) is 4.69. The van der Waals surface area contributed by atoms with Crippen LogP contribution in [0.15, 0.2) is 5.16 Å². The van der Waals surface area contributed by atoms with Crippen molar-refractivity contribution in [2.75, 3.05) is 11.5 Å². The van der Waals surface area contributed by atoms with Crippen LogP contribution in [0.2, 0.25) is 4.34 Å². The predicted molar refractivity (Wildman–Crippen MR) is 129 cm³/mol. The molecule has 3 N–H and O–H groups in total. The Bertz CT molecular complexity index is 1270. The number of fused-ring (bicyclic) bond motifs is 3. The van der Waals surface area contributed by atoms with E-state index in [9.17, 15) is 38.4 Å². The van der Waals surface area contributed by atoms with Gasteiger partial charge in [-0.3, -0.25) is 23.5 Å². The summed E-state index contributed by atoms with van der Waals surface area (Å²) in [6, 6.07) is -1.52. The number of nitrogens with one attached hydrogen (secondary N) is 1. The van der Waals surface area contributed by atoms with Crippen molar-refractivity contribution in [2.45, 2.75) is 57.9 Å². The largest absolute Gasteiger partial charge is 0.546 e. The Morgan fingerprint density at radius 2 is 1.97 bits per heavy atom. The second-order valence-corrected chi connectivity index (χ2v) is 11.7. The Morgan fingerprint density at radius 1 is 1.34 bits per heavy atom. The number of halogens is 1. The molecule has 0 aliphatic carbocycles. The van der Waals surface area contributed by atoms with Crippen molar-refractivity contribution in [2.24, 2.45) is 11.1 Å². The number of β-lactam (4-membered cyclic amide) rings is 1. The quantitative estimate of drug-likeness (QED) is 0.142. The molecular formula is C20H24ClN5O10S2-2. The van der Waals surface area contributed by atoms with Crippen LogP contribution in [0.25, 0.3) is 0 Å². The molecule has 0 unspecified atom stereocenters. The molecule has 0 aromatic carbocycles. The first-order chi connectivity index (χ1) is 16.7. The van der Waals surface area contributed by atoms with Crippen LogP contribution in [0.5, 0.6) is 0 Å². The van der Waals surface area contributed by atoms with Crippen LogP contribution < -0.4 is 21.3 Å². The highest BCUT2D eigenvalue weighted by atomic mass is 35.5. The average Bonchev–Trinajstić information content (AvgIpc) is 3.28. The van der Waals surface area contributed by atoms with E-state index in [4.69, 9.17) is 26.9 Å². The van der Waals surface area contributed by atoms with E-state index in [1.54, 1.807) is 0 Å². The van der Waals surface area contributed by atoms with Crippen LogP contribution in [0, 0.1) is 5.92 Å². The summed E-state index contributed by atoms with van der Waals surface area (Å²) in [7, 11) is -1.90. The summed E-state index contributed by atoms with van der Waals surface area (Å²) in [5.41, 5.74) is 0.202. The van der Waals surface area contributed by atoms with Crippen LogP contribution >= 0.6 is 22.9 Å². The lowest BCUT2D eigenvalue weighted by Gasteiger charge is -2.58. The number of thiazole rings is 1. The van der Waals surface area contributed by atoms with Crippen molar-refractivity contribution in [3.63, 3.8) is 0 Å². The molecule has 0 radical (unpaired) electrons. The minimum atomic E-state index is -2.45. The number of carbonyl (C=O) groups excluding carboxylic acids is 5. The average molecular weight is 594 g/mol. The fraction of sp³-hybridized carbons (Fsp3) is 0.550. The van der Waals surface area contributed by atoms with Gasteiger partial charge in [-0.15, -0.1) is 0 Å². The number of anilines is 1. The third-order valence-corrected chi connectivity index (χ3v) is 8.59. The van der Waals surface area contributed by atoms with E-state index in [1.165, 1.54) is 0 Å². The minimum Gasteiger partial charge on any atom is -0.546 e. The number of amides is 2. The Morgan fingerprint density at radius 3 is 2.50 bits per heavy atom. The second kappa shape index (κ2) is 10.5. The third-order valence-electron chi connectivity index (χ3n) is 5.75. The summed E-state index contributed by atoms with van der Waals surface area (Å²) in [6.45, 7) is 2.19. The highest BCUT2D eigenvalue weighted by Crippen LogP contribution is 2.47. The van der Waals surface area contributed by atoms with E-state index < -0.39 is 74.9 Å². The molecule has 3 aliphatic heterocycles. The van der Waals surface area contributed by atoms with Gasteiger partial charge in [-0.05, 0) is 13.8 Å². The number of hydrogen-bond donors (Lipinski definition) is 2. The van der Waals surface area contributed by atoms with Crippen LogP contribution in [0.3, 0.4) is 0 Å². The van der Waals surface area contributed by atoms with Crippen molar-refractivity contribution < 1.29 is 48.0 Å². The van der Waals surface area contributed by atoms with Gasteiger partial charge in [-0.2, -0.15) is 0 Å². The normalized spacial score (nSPS) is 28.0. The summed E-state index contributed by atoms with van der Waals surface area (Å²) in [5, 5.41) is 27.5. The summed E-state index contributed by atoms with van der Waals surface area (Å²) in [4.78, 5) is 70.5. The Hall–Kier alpha value is -3.31. The highest BCUT2D eigenvalue weighted by Gasteiger charge is 2.70. The van der Waals surface area contributed by atoms with Crippen LogP contribution in [-0.2, 0) is 44.3 Å². The number of nitrogen functional groups attached to an aromatic ring is 1. The van der Waals surface area contributed by atoms with Gasteiger partial charge in [0.25, 0.3) is 11.8 Å². The van der Waals surface area contributed by atoms with Crippen molar-refractivity contribution in [1.29, 1.82) is 0 Å². The second-order valence-electron chi connectivity index (χ2n) is 8.46. The number of rotatable bonds is 7. The number of aromatic nitrogens is 1. The molecule has 15 nitrogen and oxygen atoms in total. The monoisotopic (exact) mass is 593 g/mol. The predicted octanol–water partition coefficient (Wildman–Crippen LogP) is -2.68. The number of nitrogens with two attached hydrogens (primary N) is 1. The van der Waals surface area contributed by atoms with Gasteiger partial charge in [-0.1, -0.05) is 42.9 Å². The molecule has 4 heterocycles. The topological polar surface area (TPSA) is 234 Å². The van der Waals surface area contributed by atoms with E-state index in [0.29, 0.717) is 4.90 Å². The highest BCUT2D eigenvalue weighted by molar-refractivity contribution is 7.85. The molecule has 18 heteroatoms. The number of aliphatic carboxylic acids is 2. The minimum absolute atomic E-state index is 0. The van der Waals surface area contributed by atoms with Crippen molar-refractivity contribution in [1.82, 2.24) is 15.2 Å². The zero-order valence-electron chi connectivity index (χ0n) is 18.3. The maximum Gasteiger partial charge on any atom is 0.308 e. The number of hydrogen-bond acceptors (Lipinski definition) is 14. The Kier molecular flexibility index (Phi) is 8.50. The number of carboxylic acids is 2. The zero-order valence-corrected chi connectivity index (χ0v) is 20.7. The molecule has 0 spiro atoms. The molecule has 3 aliphatic rings. The lowest BCUT2D eigenvalue weighted by molar-refractivity contribution is -0.340. The molecule has 38 heavy (non-hydrogen) atoms. The number of ether oxygens (including phenoxy) is 1. The van der Waals surface area contributed by atoms with Crippen molar-refractivity contribution in [3.05, 3.63) is 10.0 Å². The molecule has 2 amide bonds. The first kappa shape index (κ1) is 30.9. The van der Waals surface area contributed by atoms with E-state index in [1.807, 2.05) is 0 Å². The van der Waals surface area contributed by atoms with Gasteiger partial charge < -0.3 is 40.4 Å². The molecule has 3 saturated heterocycles. The molecule has 4 rings (SSSR count). The smallest absolute Gasteiger partial charge is 0.308 e. The van der Waals surface area contributed by atoms with Gasteiger partial charge in [0.1, 0.15) is 27.4 Å². The molecular weight excluding hydrogens is 570 g/mol. The van der Waals surface area contributed by atoms with Crippen LogP contribution in [0.4, 0.5) is 5.13 Å². The summed E-state index contributed by atoms with van der Waals surface area (Å²) in [5.74, 6) is -7.99. The number of carbonyl (C=O) groups is 5. The Balaban J connectivity index is 0.00000253. The van der Waals surface area contributed by atoms with Crippen molar-refractivity contribution in [3.8, 4) is 0 Å². The molecule has 1 aromatic rings. The van der Waals surface area contributed by atoms with Crippen LogP contribution in [0.1, 0.15) is 40.8 Å². The SMILES string of the molecule is C.C.CC(C)(O/N=C(\C(=O)N[C@@H]1C(=O)N2[C@@H]1[S@@](=O)C[C@@H]1CC(=O)O[C@@]12C(=O)[O-])c1nc(N)sc1Cl)C(=O)[O-]. The molecule has 3 fully saturated rings. The fourth-order valence-electron chi connectivity index (χ4n) is 3.94. The lowest BCUT2D eigenvalue weighted by atomic mass is 9.89. The summed E-state index contributed by atoms with van der Waals surface area (Å²) >= 11 is 6.83. The van der Waals surface area contributed by atoms with Gasteiger partial charge in [-0.25, -0.2) is 4.98 Å². The maximum atomic E-state index is 13.1. The molecule has 5 atom stereocenters. The molecule has 210 valence electrons. The first-order valence-corrected chi connectivity index (χ1v) is 12.6. The van der Waals surface area contributed by atoms with E-state index in [-0.39, 0.29) is 42.2 Å². The number of nitrogens with zero attached hydrogens (tertiary/aromatic N) is 3. The van der Waals surface area contributed by atoms with Gasteiger partial charge in [0.2, 0.25) is 5.72 Å². The number of carboxylic acid groups (broad SMARTS) is 2. The van der Waals surface area contributed by atoms with Gasteiger partial charge in [0.15, 0.2) is 16.4 Å². The molecule has 0 bridgehead atoms. The lowest BCUT2D eigenvalue weighted by Crippen LogP contribution is -2.84. The fourth-order valence-corrected chi connectivity index (χ4v) is 6.79. The molecule has 0 saturated carbocycles. The summed E-state index contributed by atoms with van der Waals surface area (Å²) < 4.78 is 17.7. The van der Waals surface area contributed by atoms with Gasteiger partial charge in [0, 0.05) is 22.5 Å².